The summed E-state index contributed by atoms with van der Waals surface area (Å²) in [5.41, 5.74) is 0. The Labute approximate surface area is 55.0 Å². The predicted molar refractivity (Wildman–Crippen MR) is 37.7 cm³/mol. The molecule has 0 aliphatic rings. The second-order valence-corrected chi connectivity index (χ2v) is 1.71. The summed E-state index contributed by atoms with van der Waals surface area (Å²) in [4.78, 5) is 0. The van der Waals surface area contributed by atoms with Crippen LogP contribution >= 0.6 is 0 Å². The normalized spacial score (nSPS) is 10.8. The van der Waals surface area contributed by atoms with Gasteiger partial charge >= 0.3 is 0 Å². The summed E-state index contributed by atoms with van der Waals surface area (Å²) in [7, 11) is 0. The van der Waals surface area contributed by atoms with Gasteiger partial charge in [-0.3, -0.25) is 0 Å². The average molecular weight is 121 g/mol. The third kappa shape index (κ3) is 1.76. The molecule has 0 saturated heterocycles. The van der Waals surface area contributed by atoms with Crippen LogP contribution in [0.15, 0.2) is 28.9 Å². The van der Waals surface area contributed by atoms with Gasteiger partial charge < -0.3 is 4.42 Å². The molecule has 0 aliphatic carbocycles. The molecule has 1 aromatic rings. The lowest BCUT2D eigenvalue weighted by atomic mass is 10.3. The van der Waals surface area contributed by atoms with Gasteiger partial charge in [-0.05, 0) is 31.6 Å². The van der Waals surface area contributed by atoms with E-state index in [1.165, 1.54) is 0 Å². The van der Waals surface area contributed by atoms with E-state index >= 15 is 0 Å². The van der Waals surface area contributed by atoms with Crippen LogP contribution < -0.4 is 0 Å². The molecule has 1 rings (SSSR count). The van der Waals surface area contributed by atoms with Gasteiger partial charge in [-0.15, -0.1) is 0 Å². The summed E-state index contributed by atoms with van der Waals surface area (Å²) in [6.45, 7) is 3.66. The molecular weight excluding hydrogens is 112 g/mol. The highest BCUT2D eigenvalue weighted by molar-refractivity contribution is 5.41. The maximum Gasteiger partial charge on any atom is 0.126 e. The molecule has 0 amide bonds. The zero-order valence-corrected chi connectivity index (χ0v) is 5.21. The van der Waals surface area contributed by atoms with Crippen molar-refractivity contribution in [1.29, 1.82) is 0 Å². The van der Waals surface area contributed by atoms with E-state index in [0.29, 0.717) is 0 Å². The molecule has 47 valence electrons. The predicted octanol–water partition coefficient (Wildman–Crippen LogP) is 2.52. The van der Waals surface area contributed by atoms with Gasteiger partial charge in [0.05, 0.1) is 6.26 Å². The first-order valence-electron chi connectivity index (χ1n) is 2.93. The Morgan fingerprint density at radius 1 is 1.67 bits per heavy atom. The molecule has 1 aromatic heterocycles. The van der Waals surface area contributed by atoms with Gasteiger partial charge in [0.15, 0.2) is 0 Å². The highest BCUT2D eigenvalue weighted by atomic mass is 16.3. The molecule has 1 heterocycles. The average Bonchev–Trinajstić information content (AvgIpc) is 2.34. The lowest BCUT2D eigenvalue weighted by Crippen LogP contribution is -1.57. The zero-order valence-electron chi connectivity index (χ0n) is 5.21. The zero-order chi connectivity index (χ0) is 6.53. The van der Waals surface area contributed by atoms with Gasteiger partial charge in [-0.1, -0.05) is 6.08 Å². The van der Waals surface area contributed by atoms with Gasteiger partial charge in [0, 0.05) is 0 Å². The van der Waals surface area contributed by atoms with E-state index in [2.05, 4.69) is 6.92 Å². The minimum atomic E-state index is 0.806. The van der Waals surface area contributed by atoms with E-state index in [1.54, 1.807) is 6.26 Å². The van der Waals surface area contributed by atoms with Gasteiger partial charge in [-0.2, -0.15) is 0 Å². The molecule has 1 heteroatoms. The van der Waals surface area contributed by atoms with Crippen molar-refractivity contribution in [2.75, 3.05) is 0 Å². The van der Waals surface area contributed by atoms with Gasteiger partial charge in [0.1, 0.15) is 5.76 Å². The molecular formula is C8H9O. The molecule has 9 heavy (non-hydrogen) atoms. The van der Waals surface area contributed by atoms with Crippen molar-refractivity contribution < 1.29 is 4.42 Å². The van der Waals surface area contributed by atoms with Gasteiger partial charge in [0.2, 0.25) is 0 Å². The van der Waals surface area contributed by atoms with Crippen LogP contribution in [0.4, 0.5) is 0 Å². The van der Waals surface area contributed by atoms with Crippen LogP contribution in [-0.4, -0.2) is 0 Å². The highest BCUT2D eigenvalue weighted by Crippen LogP contribution is 2.01. The van der Waals surface area contributed by atoms with Crippen molar-refractivity contribution in [2.45, 2.75) is 6.42 Å². The van der Waals surface area contributed by atoms with Crippen molar-refractivity contribution in [3.05, 3.63) is 37.2 Å². The Morgan fingerprint density at radius 3 is 3.11 bits per heavy atom. The van der Waals surface area contributed by atoms with Crippen LogP contribution in [0.5, 0.6) is 0 Å². The fourth-order valence-corrected chi connectivity index (χ4v) is 0.586. The summed E-state index contributed by atoms with van der Waals surface area (Å²) in [5.74, 6) is 0.888. The van der Waals surface area contributed by atoms with Crippen molar-refractivity contribution in [3.8, 4) is 0 Å². The van der Waals surface area contributed by atoms with Crippen LogP contribution in [0.25, 0.3) is 6.08 Å². The second kappa shape index (κ2) is 3.13. The highest BCUT2D eigenvalue weighted by Gasteiger charge is 1.83. The molecule has 0 saturated carbocycles. The monoisotopic (exact) mass is 121 g/mol. The first kappa shape index (κ1) is 6.14. The molecule has 1 nitrogen and oxygen atoms in total. The summed E-state index contributed by atoms with van der Waals surface area (Å²) >= 11 is 0. The van der Waals surface area contributed by atoms with Crippen molar-refractivity contribution in [1.82, 2.24) is 0 Å². The topological polar surface area (TPSA) is 13.1 Å². The molecule has 0 atom stereocenters. The summed E-state index contributed by atoms with van der Waals surface area (Å²) in [6.07, 6.45) is 6.33. The van der Waals surface area contributed by atoms with E-state index in [0.717, 1.165) is 12.2 Å². The molecule has 0 fully saturated rings. The van der Waals surface area contributed by atoms with Crippen molar-refractivity contribution in [3.63, 3.8) is 0 Å². The van der Waals surface area contributed by atoms with Gasteiger partial charge in [0.25, 0.3) is 0 Å². The summed E-state index contributed by atoms with van der Waals surface area (Å²) < 4.78 is 5.02. The van der Waals surface area contributed by atoms with E-state index in [4.69, 9.17) is 4.42 Å². The lowest BCUT2D eigenvalue weighted by Gasteiger charge is -1.79. The molecule has 0 bridgehead atoms. The molecule has 0 spiro atoms. The smallest absolute Gasteiger partial charge is 0.126 e. The van der Waals surface area contributed by atoms with E-state index in [1.807, 2.05) is 24.3 Å². The van der Waals surface area contributed by atoms with E-state index in [-0.39, 0.29) is 0 Å². The fourth-order valence-electron chi connectivity index (χ4n) is 0.586. The lowest BCUT2D eigenvalue weighted by molar-refractivity contribution is 0.557. The van der Waals surface area contributed by atoms with Crippen molar-refractivity contribution >= 4 is 6.08 Å². The standard InChI is InChI=1S/C8H9O/c1-2-3-5-8-6-4-7-9-8/h3-7H,1-2H2. The SMILES string of the molecule is [CH2]CC=Cc1ccco1. The number of allylic oxidation sites excluding steroid dienone is 1. The Kier molecular flexibility index (Phi) is 2.13. The minimum Gasteiger partial charge on any atom is -0.465 e. The number of hydrogen-bond acceptors (Lipinski definition) is 1. The second-order valence-electron chi connectivity index (χ2n) is 1.71. The van der Waals surface area contributed by atoms with Crippen LogP contribution in [0, 0.1) is 6.92 Å². The van der Waals surface area contributed by atoms with E-state index < -0.39 is 0 Å². The Bertz CT molecular complexity index is 172. The summed E-state index contributed by atoms with van der Waals surface area (Å²) in [5, 5.41) is 0. The largest absolute Gasteiger partial charge is 0.465 e. The van der Waals surface area contributed by atoms with Gasteiger partial charge in [-0.25, -0.2) is 0 Å². The van der Waals surface area contributed by atoms with Crippen LogP contribution in [0.3, 0.4) is 0 Å². The molecule has 0 aromatic carbocycles. The molecule has 0 unspecified atom stereocenters. The Hall–Kier alpha value is -0.980. The minimum absolute atomic E-state index is 0.806. The number of furan rings is 1. The third-order valence-electron chi connectivity index (χ3n) is 0.992. The number of rotatable bonds is 2. The molecule has 0 N–H and O–H groups in total. The molecule has 0 aliphatic heterocycles. The van der Waals surface area contributed by atoms with Crippen LogP contribution in [0.1, 0.15) is 12.2 Å². The third-order valence-corrected chi connectivity index (χ3v) is 0.992. The first-order chi connectivity index (χ1) is 4.43. The maximum atomic E-state index is 5.02. The Balaban J connectivity index is 2.57. The molecule has 1 radical (unpaired) electrons. The number of hydrogen-bond donors (Lipinski definition) is 0. The quantitative estimate of drug-likeness (QED) is 0.586. The Morgan fingerprint density at radius 2 is 2.56 bits per heavy atom. The maximum absolute atomic E-state index is 5.02. The van der Waals surface area contributed by atoms with E-state index in [9.17, 15) is 0 Å². The van der Waals surface area contributed by atoms with Crippen molar-refractivity contribution in [2.24, 2.45) is 0 Å². The summed E-state index contributed by atoms with van der Waals surface area (Å²) in [6, 6.07) is 3.77. The van der Waals surface area contributed by atoms with Crippen LogP contribution in [0.2, 0.25) is 0 Å². The first-order valence-corrected chi connectivity index (χ1v) is 2.93. The fraction of sp³-hybridized carbons (Fsp3) is 0.125. The van der Waals surface area contributed by atoms with Crippen LogP contribution in [-0.2, 0) is 0 Å².